The zero-order chi connectivity index (χ0) is 7.40. The molecule has 0 unspecified atom stereocenters. The van der Waals surface area contributed by atoms with Crippen LogP contribution in [0.4, 0.5) is 5.69 Å². The molecule has 0 aliphatic heterocycles. The molecule has 5 heteroatoms. The van der Waals surface area contributed by atoms with E-state index >= 15 is 0 Å². The molecule has 3 nitrogen and oxygen atoms in total. The van der Waals surface area contributed by atoms with E-state index in [1.165, 1.54) is 0 Å². The number of anilines is 1. The molecule has 3 N–H and O–H groups in total. The van der Waals surface area contributed by atoms with Crippen molar-refractivity contribution in [3.05, 3.63) is 24.3 Å². The molecule has 0 heterocycles. The van der Waals surface area contributed by atoms with Crippen molar-refractivity contribution >= 4 is 30.5 Å². The summed E-state index contributed by atoms with van der Waals surface area (Å²) in [6.07, 6.45) is 0. The lowest BCUT2D eigenvalue weighted by Gasteiger charge is -2.00. The molecule has 1 aromatic rings. The summed E-state index contributed by atoms with van der Waals surface area (Å²) in [4.78, 5) is 0. The van der Waals surface area contributed by atoms with Crippen LogP contribution in [0.5, 0.6) is 5.75 Å². The molecule has 70 valence electrons. The summed E-state index contributed by atoms with van der Waals surface area (Å²) in [6.45, 7) is 0. The van der Waals surface area contributed by atoms with E-state index in [1.807, 2.05) is 24.3 Å². The van der Waals surface area contributed by atoms with Crippen molar-refractivity contribution in [1.82, 2.24) is 0 Å². The van der Waals surface area contributed by atoms with Crippen LogP contribution in [0.2, 0.25) is 0 Å². The molecular weight excluding hydrogens is 199 g/mol. The van der Waals surface area contributed by atoms with E-state index in [4.69, 9.17) is 10.6 Å². The maximum Gasteiger partial charge on any atom is 0.119 e. The highest BCUT2D eigenvalue weighted by molar-refractivity contribution is 5.85. The normalized spacial score (nSPS) is 7.50. The Bertz CT molecular complexity index is 180. The van der Waals surface area contributed by atoms with Gasteiger partial charge in [-0.1, -0.05) is 0 Å². The van der Waals surface area contributed by atoms with Gasteiger partial charge in [0.2, 0.25) is 0 Å². The first-order valence-corrected chi connectivity index (χ1v) is 2.97. The standard InChI is InChI=1S/C7H10N2O.2ClH/c1-10-7-4-2-6(9-8)3-5-7;;/h2-5,9H,8H2,1H3;2*1H. The van der Waals surface area contributed by atoms with Gasteiger partial charge in [0.1, 0.15) is 5.75 Å². The van der Waals surface area contributed by atoms with Crippen LogP contribution in [0.1, 0.15) is 0 Å². The van der Waals surface area contributed by atoms with E-state index in [0.717, 1.165) is 11.4 Å². The van der Waals surface area contributed by atoms with Gasteiger partial charge in [-0.15, -0.1) is 24.8 Å². The minimum atomic E-state index is 0. The molecule has 0 atom stereocenters. The van der Waals surface area contributed by atoms with Crippen LogP contribution in [0.25, 0.3) is 0 Å². The molecule has 0 saturated heterocycles. The van der Waals surface area contributed by atoms with E-state index < -0.39 is 0 Å². The molecule has 0 spiro atoms. The lowest BCUT2D eigenvalue weighted by atomic mass is 10.3. The van der Waals surface area contributed by atoms with Crippen molar-refractivity contribution in [2.45, 2.75) is 0 Å². The van der Waals surface area contributed by atoms with Gasteiger partial charge in [-0.05, 0) is 24.3 Å². The highest BCUT2D eigenvalue weighted by Crippen LogP contribution is 2.13. The third-order valence-corrected chi connectivity index (χ3v) is 1.26. The van der Waals surface area contributed by atoms with E-state index in [9.17, 15) is 0 Å². The zero-order valence-corrected chi connectivity index (χ0v) is 8.24. The molecule has 0 fully saturated rings. The fraction of sp³-hybridized carbons (Fsp3) is 0.143. The first-order valence-electron chi connectivity index (χ1n) is 2.97. The van der Waals surface area contributed by atoms with Crippen LogP contribution >= 0.6 is 24.8 Å². The number of nitrogens with two attached hydrogens (primary N) is 1. The lowest BCUT2D eigenvalue weighted by molar-refractivity contribution is 0.415. The number of benzene rings is 1. The molecule has 0 amide bonds. The van der Waals surface area contributed by atoms with Gasteiger partial charge in [-0.25, -0.2) is 0 Å². The Morgan fingerprint density at radius 2 is 1.67 bits per heavy atom. The molecule has 12 heavy (non-hydrogen) atoms. The Hall–Kier alpha value is -0.640. The predicted molar refractivity (Wildman–Crippen MR) is 55.3 cm³/mol. The maximum atomic E-state index is 5.15. The van der Waals surface area contributed by atoms with E-state index in [2.05, 4.69) is 5.43 Å². The van der Waals surface area contributed by atoms with Crippen LogP contribution in [0.3, 0.4) is 0 Å². The second-order valence-corrected chi connectivity index (χ2v) is 1.87. The second kappa shape index (κ2) is 7.03. The number of hydrogen-bond donors (Lipinski definition) is 2. The van der Waals surface area contributed by atoms with Crippen LogP contribution < -0.4 is 16.0 Å². The third kappa shape index (κ3) is 3.67. The van der Waals surface area contributed by atoms with Crippen molar-refractivity contribution in [3.63, 3.8) is 0 Å². The van der Waals surface area contributed by atoms with E-state index in [1.54, 1.807) is 7.11 Å². The van der Waals surface area contributed by atoms with Crippen molar-refractivity contribution in [2.24, 2.45) is 5.84 Å². The number of hydrazine groups is 1. The number of methoxy groups -OCH3 is 1. The molecule has 0 aliphatic rings. The molecule has 1 rings (SSSR count). The third-order valence-electron chi connectivity index (χ3n) is 1.26. The topological polar surface area (TPSA) is 47.3 Å². The zero-order valence-electron chi connectivity index (χ0n) is 6.61. The Balaban J connectivity index is 0. The Morgan fingerprint density at radius 1 is 1.17 bits per heavy atom. The van der Waals surface area contributed by atoms with Gasteiger partial charge in [0.15, 0.2) is 0 Å². The minimum Gasteiger partial charge on any atom is -0.497 e. The number of nitrogens with one attached hydrogen (secondary N) is 1. The molecule has 0 radical (unpaired) electrons. The van der Waals surface area contributed by atoms with Crippen molar-refractivity contribution in [3.8, 4) is 5.75 Å². The van der Waals surface area contributed by atoms with Gasteiger partial charge in [-0.3, -0.25) is 5.84 Å². The van der Waals surface area contributed by atoms with Gasteiger partial charge in [-0.2, -0.15) is 0 Å². The quantitative estimate of drug-likeness (QED) is 0.579. The molecule has 1 aromatic carbocycles. The van der Waals surface area contributed by atoms with Crippen molar-refractivity contribution in [1.29, 1.82) is 0 Å². The van der Waals surface area contributed by atoms with Crippen molar-refractivity contribution in [2.75, 3.05) is 12.5 Å². The Morgan fingerprint density at radius 3 is 2.00 bits per heavy atom. The molecule has 0 bridgehead atoms. The van der Waals surface area contributed by atoms with Crippen LogP contribution in [0, 0.1) is 0 Å². The minimum absolute atomic E-state index is 0. The summed E-state index contributed by atoms with van der Waals surface area (Å²) < 4.78 is 4.95. The summed E-state index contributed by atoms with van der Waals surface area (Å²) in [7, 11) is 1.63. The lowest BCUT2D eigenvalue weighted by Crippen LogP contribution is -2.05. The first-order chi connectivity index (χ1) is 4.86. The van der Waals surface area contributed by atoms with Crippen molar-refractivity contribution < 1.29 is 4.74 Å². The fourth-order valence-electron chi connectivity index (χ4n) is 0.687. The predicted octanol–water partition coefficient (Wildman–Crippen LogP) is 1.82. The SMILES string of the molecule is COc1ccc(NN)cc1.Cl.Cl. The Labute approximate surface area is 84.1 Å². The average Bonchev–Trinajstić information content (AvgIpc) is 2.05. The van der Waals surface area contributed by atoms with Gasteiger partial charge in [0.05, 0.1) is 7.11 Å². The van der Waals surface area contributed by atoms with Gasteiger partial charge >= 0.3 is 0 Å². The number of halogens is 2. The van der Waals surface area contributed by atoms with Gasteiger partial charge < -0.3 is 10.2 Å². The molecule has 0 saturated carbocycles. The highest BCUT2D eigenvalue weighted by atomic mass is 35.5. The number of rotatable bonds is 2. The summed E-state index contributed by atoms with van der Waals surface area (Å²) in [5.74, 6) is 5.98. The van der Waals surface area contributed by atoms with Crippen LogP contribution in [-0.2, 0) is 0 Å². The molecule has 0 aliphatic carbocycles. The summed E-state index contributed by atoms with van der Waals surface area (Å²) in [6, 6.07) is 7.38. The summed E-state index contributed by atoms with van der Waals surface area (Å²) in [5, 5.41) is 0. The Kier molecular flexibility index (Phi) is 8.16. The fourth-order valence-corrected chi connectivity index (χ4v) is 0.687. The van der Waals surface area contributed by atoms with E-state index in [0.29, 0.717) is 0 Å². The summed E-state index contributed by atoms with van der Waals surface area (Å²) in [5.41, 5.74) is 3.40. The first kappa shape index (κ1) is 13.9. The molecular formula is C7H12Cl2N2O. The second-order valence-electron chi connectivity index (χ2n) is 1.87. The smallest absolute Gasteiger partial charge is 0.119 e. The monoisotopic (exact) mass is 210 g/mol. The maximum absolute atomic E-state index is 5.15. The molecule has 0 aromatic heterocycles. The summed E-state index contributed by atoms with van der Waals surface area (Å²) >= 11 is 0. The average molecular weight is 211 g/mol. The number of nitrogen functional groups attached to an aromatic ring is 1. The number of ether oxygens (including phenoxy) is 1. The van der Waals surface area contributed by atoms with Crippen LogP contribution in [-0.4, -0.2) is 7.11 Å². The van der Waals surface area contributed by atoms with E-state index in [-0.39, 0.29) is 24.8 Å². The van der Waals surface area contributed by atoms with Gasteiger partial charge in [0, 0.05) is 5.69 Å². The van der Waals surface area contributed by atoms with Crippen LogP contribution in [0.15, 0.2) is 24.3 Å². The van der Waals surface area contributed by atoms with Gasteiger partial charge in [0.25, 0.3) is 0 Å². The number of hydrogen-bond acceptors (Lipinski definition) is 3. The highest BCUT2D eigenvalue weighted by Gasteiger charge is 1.88. The largest absolute Gasteiger partial charge is 0.497 e.